The van der Waals surface area contributed by atoms with Gasteiger partial charge in [-0.3, -0.25) is 0 Å². The fourth-order valence-corrected chi connectivity index (χ4v) is 2.63. The van der Waals surface area contributed by atoms with Gasteiger partial charge in [-0.05, 0) is 42.3 Å². The van der Waals surface area contributed by atoms with Gasteiger partial charge in [0.25, 0.3) is 0 Å². The fraction of sp³-hybridized carbons (Fsp3) is 0.200. The minimum atomic E-state index is -0.860. The van der Waals surface area contributed by atoms with Crippen molar-refractivity contribution < 1.29 is 13.2 Å². The average Bonchev–Trinajstić information content (AvgIpc) is 2.43. The van der Waals surface area contributed by atoms with E-state index in [9.17, 15) is 13.2 Å². The number of rotatable bonds is 5. The van der Waals surface area contributed by atoms with Crippen LogP contribution in [-0.2, 0) is 6.42 Å². The first-order valence-electron chi connectivity index (χ1n) is 6.13. The van der Waals surface area contributed by atoms with Crippen molar-refractivity contribution in [1.29, 1.82) is 0 Å². The van der Waals surface area contributed by atoms with Crippen LogP contribution < -0.4 is 5.73 Å². The molecule has 0 saturated carbocycles. The van der Waals surface area contributed by atoms with Gasteiger partial charge < -0.3 is 5.73 Å². The first-order chi connectivity index (χ1) is 9.56. The molecule has 2 aromatic rings. The van der Waals surface area contributed by atoms with Crippen LogP contribution in [0.15, 0.2) is 47.4 Å². The second-order valence-corrected chi connectivity index (χ2v) is 5.54. The molecule has 0 bridgehead atoms. The van der Waals surface area contributed by atoms with Gasteiger partial charge in [0.15, 0.2) is 11.6 Å². The van der Waals surface area contributed by atoms with E-state index in [1.165, 1.54) is 36.0 Å². The van der Waals surface area contributed by atoms with Gasteiger partial charge in [0.1, 0.15) is 5.82 Å². The highest BCUT2D eigenvalue weighted by atomic mass is 32.2. The molecule has 0 amide bonds. The van der Waals surface area contributed by atoms with E-state index in [1.807, 2.05) is 0 Å². The van der Waals surface area contributed by atoms with E-state index in [4.69, 9.17) is 5.73 Å². The molecule has 2 rings (SSSR count). The number of hydrogen-bond donors (Lipinski definition) is 1. The minimum absolute atomic E-state index is 0.262. The molecular formula is C15H14F3NS. The highest BCUT2D eigenvalue weighted by molar-refractivity contribution is 7.99. The second-order valence-electron chi connectivity index (χ2n) is 4.44. The van der Waals surface area contributed by atoms with Crippen LogP contribution >= 0.6 is 11.8 Å². The average molecular weight is 297 g/mol. The third-order valence-electron chi connectivity index (χ3n) is 2.79. The first-order valence-corrected chi connectivity index (χ1v) is 7.11. The van der Waals surface area contributed by atoms with Crippen molar-refractivity contribution in [3.05, 3.63) is 65.5 Å². The summed E-state index contributed by atoms with van der Waals surface area (Å²) < 4.78 is 39.3. The monoisotopic (exact) mass is 297 g/mol. The summed E-state index contributed by atoms with van der Waals surface area (Å²) in [5.41, 5.74) is 6.19. The summed E-state index contributed by atoms with van der Waals surface area (Å²) in [6, 6.07) is 9.85. The molecule has 0 heterocycles. The smallest absolute Gasteiger partial charge is 0.162 e. The number of hydrogen-bond acceptors (Lipinski definition) is 2. The summed E-state index contributed by atoms with van der Waals surface area (Å²) in [7, 11) is 0. The maximum absolute atomic E-state index is 13.5. The molecule has 0 spiro atoms. The van der Waals surface area contributed by atoms with Crippen molar-refractivity contribution in [2.45, 2.75) is 17.4 Å². The molecule has 0 saturated heterocycles. The Balaban J connectivity index is 1.91. The Labute approximate surface area is 120 Å². The van der Waals surface area contributed by atoms with Crippen LogP contribution in [0.3, 0.4) is 0 Å². The quantitative estimate of drug-likeness (QED) is 0.850. The zero-order valence-electron chi connectivity index (χ0n) is 10.7. The summed E-state index contributed by atoms with van der Waals surface area (Å²) in [5, 5.41) is 0. The van der Waals surface area contributed by atoms with Gasteiger partial charge in [0.2, 0.25) is 0 Å². The molecule has 0 radical (unpaired) electrons. The zero-order chi connectivity index (χ0) is 14.5. The van der Waals surface area contributed by atoms with Crippen LogP contribution in [-0.4, -0.2) is 11.8 Å². The van der Waals surface area contributed by atoms with Gasteiger partial charge in [-0.15, -0.1) is 11.8 Å². The van der Waals surface area contributed by atoms with Gasteiger partial charge >= 0.3 is 0 Å². The highest BCUT2D eigenvalue weighted by Crippen LogP contribution is 2.20. The number of nitrogens with two attached hydrogens (primary N) is 1. The van der Waals surface area contributed by atoms with Gasteiger partial charge in [-0.1, -0.05) is 12.1 Å². The summed E-state index contributed by atoms with van der Waals surface area (Å²) in [6.45, 7) is 0. The molecule has 2 N–H and O–H groups in total. The largest absolute Gasteiger partial charge is 0.327 e. The lowest BCUT2D eigenvalue weighted by molar-refractivity contribution is 0.495. The van der Waals surface area contributed by atoms with E-state index >= 15 is 0 Å². The Morgan fingerprint density at radius 2 is 1.70 bits per heavy atom. The summed E-state index contributed by atoms with van der Waals surface area (Å²) in [5.74, 6) is -1.45. The van der Waals surface area contributed by atoms with Crippen LogP contribution in [0.1, 0.15) is 5.56 Å². The predicted molar refractivity (Wildman–Crippen MR) is 75.2 cm³/mol. The second kappa shape index (κ2) is 6.81. The number of thioether (sulfide) groups is 1. The molecule has 1 unspecified atom stereocenters. The van der Waals surface area contributed by atoms with Gasteiger partial charge in [-0.2, -0.15) is 0 Å². The molecule has 20 heavy (non-hydrogen) atoms. The molecule has 0 aromatic heterocycles. The molecule has 2 aromatic carbocycles. The van der Waals surface area contributed by atoms with E-state index < -0.39 is 11.6 Å². The number of benzene rings is 2. The lowest BCUT2D eigenvalue weighted by Crippen LogP contribution is -2.26. The Bertz CT molecular complexity index is 572. The molecule has 5 heteroatoms. The number of halogens is 3. The van der Waals surface area contributed by atoms with Crippen LogP contribution in [0.5, 0.6) is 0 Å². The maximum atomic E-state index is 13.5. The van der Waals surface area contributed by atoms with Gasteiger partial charge in [0, 0.05) is 16.7 Å². The molecule has 0 aliphatic heterocycles. The molecule has 1 nitrogen and oxygen atoms in total. The molecule has 0 aliphatic rings. The van der Waals surface area contributed by atoms with Crippen LogP contribution in [0, 0.1) is 17.5 Å². The highest BCUT2D eigenvalue weighted by Gasteiger charge is 2.12. The predicted octanol–water partition coefficient (Wildman–Crippen LogP) is 3.77. The van der Waals surface area contributed by atoms with Crippen molar-refractivity contribution in [2.24, 2.45) is 5.73 Å². The van der Waals surface area contributed by atoms with Crippen LogP contribution in [0.2, 0.25) is 0 Å². The van der Waals surface area contributed by atoms with E-state index in [-0.39, 0.29) is 23.8 Å². The molecule has 0 aliphatic carbocycles. The van der Waals surface area contributed by atoms with E-state index in [0.29, 0.717) is 5.75 Å². The van der Waals surface area contributed by atoms with E-state index in [1.54, 1.807) is 12.1 Å². The minimum Gasteiger partial charge on any atom is -0.327 e. The van der Waals surface area contributed by atoms with Crippen LogP contribution in [0.25, 0.3) is 0 Å². The Morgan fingerprint density at radius 1 is 1.00 bits per heavy atom. The van der Waals surface area contributed by atoms with Crippen molar-refractivity contribution in [1.82, 2.24) is 0 Å². The molecule has 0 fully saturated rings. The normalized spacial score (nSPS) is 12.4. The summed E-state index contributed by atoms with van der Waals surface area (Å²) >= 11 is 1.46. The third-order valence-corrected chi connectivity index (χ3v) is 3.99. The van der Waals surface area contributed by atoms with Crippen molar-refractivity contribution in [3.63, 3.8) is 0 Å². The van der Waals surface area contributed by atoms with Crippen LogP contribution in [0.4, 0.5) is 13.2 Å². The van der Waals surface area contributed by atoms with Crippen molar-refractivity contribution in [3.8, 4) is 0 Å². The Hall–Kier alpha value is -1.46. The van der Waals surface area contributed by atoms with Crippen molar-refractivity contribution in [2.75, 3.05) is 5.75 Å². The first kappa shape index (κ1) is 14.9. The maximum Gasteiger partial charge on any atom is 0.162 e. The van der Waals surface area contributed by atoms with Gasteiger partial charge in [-0.25, -0.2) is 13.2 Å². The van der Waals surface area contributed by atoms with E-state index in [0.717, 1.165) is 11.0 Å². The standard InChI is InChI=1S/C15H14F3NS/c16-11-4-6-13(7-5-11)20-9-12(19)8-10-2-1-3-14(17)15(10)18/h1-7,12H,8-9,19H2. The Morgan fingerprint density at radius 3 is 2.40 bits per heavy atom. The molecular weight excluding hydrogens is 283 g/mol. The van der Waals surface area contributed by atoms with E-state index in [2.05, 4.69) is 0 Å². The summed E-state index contributed by atoms with van der Waals surface area (Å²) in [6.07, 6.45) is 0.262. The van der Waals surface area contributed by atoms with Gasteiger partial charge in [0.05, 0.1) is 0 Å². The SMILES string of the molecule is NC(CSc1ccc(F)cc1)Cc1cccc(F)c1F. The zero-order valence-corrected chi connectivity index (χ0v) is 11.5. The Kier molecular flexibility index (Phi) is 5.09. The van der Waals surface area contributed by atoms with Crippen molar-refractivity contribution >= 4 is 11.8 Å². The fourth-order valence-electron chi connectivity index (χ4n) is 1.78. The summed E-state index contributed by atoms with van der Waals surface area (Å²) in [4.78, 5) is 0.890. The lowest BCUT2D eigenvalue weighted by Gasteiger charge is -2.12. The molecule has 1 atom stereocenters. The topological polar surface area (TPSA) is 26.0 Å². The molecule has 106 valence electrons. The lowest BCUT2D eigenvalue weighted by atomic mass is 10.1. The third kappa shape index (κ3) is 4.02.